The molecule has 0 radical (unpaired) electrons. The lowest BCUT2D eigenvalue weighted by atomic mass is 10.1. The molecule has 2 aliphatic rings. The molecule has 1 amide bonds. The third kappa shape index (κ3) is 3.30. The lowest BCUT2D eigenvalue weighted by molar-refractivity contribution is -0.384. The van der Waals surface area contributed by atoms with Gasteiger partial charge in [0.15, 0.2) is 0 Å². The maximum atomic E-state index is 11.3. The molecule has 7 nitrogen and oxygen atoms in total. The average Bonchev–Trinajstić information content (AvgIpc) is 3.17. The first-order valence-electron chi connectivity index (χ1n) is 7.06. The van der Waals surface area contributed by atoms with E-state index in [-0.39, 0.29) is 18.0 Å². The predicted molar refractivity (Wildman–Crippen MR) is 77.5 cm³/mol. The summed E-state index contributed by atoms with van der Waals surface area (Å²) < 4.78 is 5.49. The monoisotopic (exact) mass is 291 g/mol. The Hall–Kier alpha value is -2.15. The van der Waals surface area contributed by atoms with Crippen LogP contribution in [0.3, 0.4) is 0 Å². The van der Waals surface area contributed by atoms with Crippen LogP contribution in [0, 0.1) is 16.0 Å². The molecule has 112 valence electrons. The van der Waals surface area contributed by atoms with Crippen molar-refractivity contribution in [3.63, 3.8) is 0 Å². The van der Waals surface area contributed by atoms with Gasteiger partial charge in [-0.25, -0.2) is 0 Å². The van der Waals surface area contributed by atoms with Crippen molar-refractivity contribution in [3.8, 4) is 0 Å². The molecule has 1 aliphatic heterocycles. The highest BCUT2D eigenvalue weighted by Gasteiger charge is 2.24. The molecule has 1 aromatic carbocycles. The molecule has 2 N–H and O–H groups in total. The van der Waals surface area contributed by atoms with Crippen LogP contribution >= 0.6 is 0 Å². The molecular formula is C14H17N3O4. The van der Waals surface area contributed by atoms with Gasteiger partial charge in [0.2, 0.25) is 5.91 Å². The van der Waals surface area contributed by atoms with E-state index in [0.717, 1.165) is 6.61 Å². The van der Waals surface area contributed by atoms with Crippen molar-refractivity contribution in [3.05, 3.63) is 27.8 Å². The van der Waals surface area contributed by atoms with Crippen molar-refractivity contribution in [2.24, 2.45) is 5.92 Å². The van der Waals surface area contributed by atoms with Crippen molar-refractivity contribution in [1.82, 2.24) is 0 Å². The number of carbonyl (C=O) groups excluding carboxylic acids is 1. The van der Waals surface area contributed by atoms with Gasteiger partial charge in [0.05, 0.1) is 18.0 Å². The van der Waals surface area contributed by atoms with Gasteiger partial charge in [-0.05, 0) is 30.4 Å². The van der Waals surface area contributed by atoms with Crippen molar-refractivity contribution in [1.29, 1.82) is 0 Å². The standard InChI is InChI=1S/C14H17N3O4/c18-14-6-10-5-13(17(19)20)12(7-11(10)16-14)15-3-4-21-8-9-1-2-9/h5,7,9,15H,1-4,6,8H2,(H,16,18). The summed E-state index contributed by atoms with van der Waals surface area (Å²) in [4.78, 5) is 22.0. The fourth-order valence-electron chi connectivity index (χ4n) is 2.35. The van der Waals surface area contributed by atoms with Crippen molar-refractivity contribution in [2.75, 3.05) is 30.4 Å². The number of fused-ring (bicyclic) bond motifs is 1. The highest BCUT2D eigenvalue weighted by Crippen LogP contribution is 2.34. The van der Waals surface area contributed by atoms with Gasteiger partial charge in [-0.1, -0.05) is 0 Å². The quantitative estimate of drug-likeness (QED) is 0.455. The Morgan fingerprint density at radius 2 is 2.24 bits per heavy atom. The molecule has 0 saturated heterocycles. The van der Waals surface area contributed by atoms with Gasteiger partial charge in [-0.15, -0.1) is 0 Å². The third-order valence-electron chi connectivity index (χ3n) is 3.66. The van der Waals surface area contributed by atoms with Gasteiger partial charge in [0.25, 0.3) is 5.69 Å². The van der Waals surface area contributed by atoms with Crippen LogP contribution in [0.4, 0.5) is 17.1 Å². The van der Waals surface area contributed by atoms with Gasteiger partial charge in [-0.3, -0.25) is 14.9 Å². The second kappa shape index (κ2) is 5.69. The van der Waals surface area contributed by atoms with E-state index in [9.17, 15) is 14.9 Å². The molecule has 0 atom stereocenters. The Kier molecular flexibility index (Phi) is 3.74. The fourth-order valence-corrected chi connectivity index (χ4v) is 2.35. The smallest absolute Gasteiger partial charge is 0.292 e. The zero-order valence-corrected chi connectivity index (χ0v) is 11.6. The first-order valence-corrected chi connectivity index (χ1v) is 7.06. The number of amides is 1. The number of carbonyl (C=O) groups is 1. The van der Waals surface area contributed by atoms with E-state index < -0.39 is 4.92 Å². The van der Waals surface area contributed by atoms with Crippen LogP contribution < -0.4 is 10.6 Å². The van der Waals surface area contributed by atoms with Gasteiger partial charge in [0.1, 0.15) is 5.69 Å². The molecule has 1 saturated carbocycles. The van der Waals surface area contributed by atoms with E-state index in [1.165, 1.54) is 18.9 Å². The van der Waals surface area contributed by atoms with E-state index in [1.54, 1.807) is 6.07 Å². The zero-order chi connectivity index (χ0) is 14.8. The highest BCUT2D eigenvalue weighted by molar-refractivity contribution is 6.00. The minimum atomic E-state index is -0.434. The molecular weight excluding hydrogens is 274 g/mol. The number of hydrogen-bond acceptors (Lipinski definition) is 5. The van der Waals surface area contributed by atoms with Crippen LogP contribution in [0.25, 0.3) is 0 Å². The first kappa shape index (κ1) is 13.8. The number of benzene rings is 1. The molecule has 0 spiro atoms. The largest absolute Gasteiger partial charge is 0.379 e. The first-order chi connectivity index (χ1) is 10.1. The predicted octanol–water partition coefficient (Wildman–Crippen LogP) is 1.93. The molecule has 0 unspecified atom stereocenters. The number of anilines is 2. The lowest BCUT2D eigenvalue weighted by Crippen LogP contribution is -2.12. The maximum Gasteiger partial charge on any atom is 0.292 e. The second-order valence-electron chi connectivity index (χ2n) is 5.45. The number of nitro groups is 1. The molecule has 0 bridgehead atoms. The van der Waals surface area contributed by atoms with Crippen LogP contribution in [-0.2, 0) is 16.0 Å². The SMILES string of the molecule is O=C1Cc2cc([N+](=O)[O-])c(NCCOCC3CC3)cc2N1. The van der Waals surface area contributed by atoms with Gasteiger partial charge in [-0.2, -0.15) is 0 Å². The molecule has 3 rings (SSSR count). The molecule has 7 heteroatoms. The average molecular weight is 291 g/mol. The molecule has 1 heterocycles. The minimum Gasteiger partial charge on any atom is -0.379 e. The van der Waals surface area contributed by atoms with E-state index in [1.807, 2.05) is 0 Å². The fraction of sp³-hybridized carbons (Fsp3) is 0.500. The molecule has 1 fully saturated rings. The maximum absolute atomic E-state index is 11.3. The highest BCUT2D eigenvalue weighted by atomic mass is 16.6. The summed E-state index contributed by atoms with van der Waals surface area (Å²) in [5, 5.41) is 16.8. The molecule has 0 aromatic heterocycles. The van der Waals surface area contributed by atoms with Crippen LogP contribution in [0.2, 0.25) is 0 Å². The van der Waals surface area contributed by atoms with Gasteiger partial charge >= 0.3 is 0 Å². The summed E-state index contributed by atoms with van der Waals surface area (Å²) in [5.74, 6) is 0.568. The molecule has 1 aromatic rings. The van der Waals surface area contributed by atoms with Crippen molar-refractivity contribution in [2.45, 2.75) is 19.3 Å². The number of rotatable bonds is 7. The summed E-state index contributed by atoms with van der Waals surface area (Å²) in [6, 6.07) is 3.08. The normalized spacial score (nSPS) is 16.5. The third-order valence-corrected chi connectivity index (χ3v) is 3.66. The van der Waals surface area contributed by atoms with E-state index in [0.29, 0.717) is 36.0 Å². The summed E-state index contributed by atoms with van der Waals surface area (Å²) >= 11 is 0. The van der Waals surface area contributed by atoms with Crippen LogP contribution in [0.1, 0.15) is 18.4 Å². The van der Waals surface area contributed by atoms with Crippen LogP contribution in [0.15, 0.2) is 12.1 Å². The number of hydrogen-bond donors (Lipinski definition) is 2. The van der Waals surface area contributed by atoms with Crippen molar-refractivity contribution >= 4 is 23.0 Å². The van der Waals surface area contributed by atoms with E-state index >= 15 is 0 Å². The van der Waals surface area contributed by atoms with E-state index in [4.69, 9.17) is 4.74 Å². The number of nitro benzene ring substituents is 1. The lowest BCUT2D eigenvalue weighted by Gasteiger charge is -2.09. The van der Waals surface area contributed by atoms with Crippen LogP contribution in [0.5, 0.6) is 0 Å². The number of nitrogens with one attached hydrogen (secondary N) is 2. The second-order valence-corrected chi connectivity index (χ2v) is 5.45. The topological polar surface area (TPSA) is 93.5 Å². The summed E-state index contributed by atoms with van der Waals surface area (Å²) in [6.07, 6.45) is 2.67. The van der Waals surface area contributed by atoms with Gasteiger partial charge in [0, 0.05) is 24.9 Å². The zero-order valence-electron chi connectivity index (χ0n) is 11.6. The Labute approximate surface area is 121 Å². The van der Waals surface area contributed by atoms with E-state index in [2.05, 4.69) is 10.6 Å². The number of nitrogens with zero attached hydrogens (tertiary/aromatic N) is 1. The Morgan fingerprint density at radius 1 is 1.43 bits per heavy atom. The summed E-state index contributed by atoms with van der Waals surface area (Å²) in [7, 11) is 0. The molecule has 21 heavy (non-hydrogen) atoms. The summed E-state index contributed by atoms with van der Waals surface area (Å²) in [5.41, 5.74) is 1.72. The minimum absolute atomic E-state index is 0.00700. The summed E-state index contributed by atoms with van der Waals surface area (Å²) in [6.45, 7) is 1.78. The van der Waals surface area contributed by atoms with Crippen molar-refractivity contribution < 1.29 is 14.5 Å². The Bertz CT molecular complexity index is 584. The molecule has 1 aliphatic carbocycles. The number of ether oxygens (including phenoxy) is 1. The Balaban J connectivity index is 1.63. The van der Waals surface area contributed by atoms with Gasteiger partial charge < -0.3 is 15.4 Å². The van der Waals surface area contributed by atoms with Crippen LogP contribution in [-0.4, -0.2) is 30.6 Å². The Morgan fingerprint density at radius 3 is 2.95 bits per heavy atom.